The first-order valence-electron chi connectivity index (χ1n) is 11.2. The van der Waals surface area contributed by atoms with E-state index >= 15 is 0 Å². The van der Waals surface area contributed by atoms with Gasteiger partial charge in [0.25, 0.3) is 0 Å². The number of ether oxygens (including phenoxy) is 2. The third-order valence-corrected chi connectivity index (χ3v) is 7.84. The molecule has 0 bridgehead atoms. The number of carboxylic acids is 1. The number of carboxylic acid groups (broad SMARTS) is 1. The van der Waals surface area contributed by atoms with Crippen molar-refractivity contribution in [3.05, 3.63) is 83.4 Å². The van der Waals surface area contributed by atoms with Crippen molar-refractivity contribution >= 4 is 15.8 Å². The Morgan fingerprint density at radius 2 is 1.49 bits per heavy atom. The zero-order valence-electron chi connectivity index (χ0n) is 20.0. The number of sulfone groups is 1. The van der Waals surface area contributed by atoms with Gasteiger partial charge in [-0.15, -0.1) is 0 Å². The number of rotatable bonds is 11. The SMILES string of the molecule is COc1ccc(S(=O)(=O)CCCCOc2ccc(C(C)(C)c3ccc(O)c(C(=O)O)c3)cc2)cc1. The summed E-state index contributed by atoms with van der Waals surface area (Å²) >= 11 is 0. The van der Waals surface area contributed by atoms with Crippen molar-refractivity contribution in [2.75, 3.05) is 19.5 Å². The van der Waals surface area contributed by atoms with E-state index in [1.807, 2.05) is 38.1 Å². The van der Waals surface area contributed by atoms with Gasteiger partial charge in [-0.1, -0.05) is 32.0 Å². The molecule has 186 valence electrons. The fourth-order valence-corrected chi connectivity index (χ4v) is 5.09. The van der Waals surface area contributed by atoms with Crippen LogP contribution in [0.5, 0.6) is 17.2 Å². The normalized spacial score (nSPS) is 11.7. The second kappa shape index (κ2) is 10.8. The van der Waals surface area contributed by atoms with Gasteiger partial charge >= 0.3 is 5.97 Å². The monoisotopic (exact) mass is 498 g/mol. The number of unbranched alkanes of at least 4 members (excludes halogenated alkanes) is 1. The molecule has 0 radical (unpaired) electrons. The minimum Gasteiger partial charge on any atom is -0.507 e. The zero-order valence-corrected chi connectivity index (χ0v) is 20.8. The topological polar surface area (TPSA) is 110 Å². The summed E-state index contributed by atoms with van der Waals surface area (Å²) < 4.78 is 35.8. The number of phenols is 1. The zero-order chi connectivity index (χ0) is 25.6. The van der Waals surface area contributed by atoms with Crippen LogP contribution in [0.3, 0.4) is 0 Å². The van der Waals surface area contributed by atoms with E-state index in [2.05, 4.69) is 0 Å². The molecular weight excluding hydrogens is 468 g/mol. The van der Waals surface area contributed by atoms with Gasteiger partial charge in [0.05, 0.1) is 24.4 Å². The van der Waals surface area contributed by atoms with Crippen LogP contribution >= 0.6 is 0 Å². The minimum absolute atomic E-state index is 0.0424. The van der Waals surface area contributed by atoms with Gasteiger partial charge in [0.15, 0.2) is 9.84 Å². The third-order valence-electron chi connectivity index (χ3n) is 6.02. The van der Waals surface area contributed by atoms with Gasteiger partial charge in [0, 0.05) is 5.41 Å². The Bertz CT molecular complexity index is 1260. The highest BCUT2D eigenvalue weighted by molar-refractivity contribution is 7.91. The molecule has 0 aliphatic rings. The van der Waals surface area contributed by atoms with E-state index in [0.29, 0.717) is 30.9 Å². The standard InChI is InChI=1S/C27H30O7S/c1-27(2,20-8-15-25(28)24(18-20)26(29)30)19-6-9-22(10-7-19)34-16-4-5-17-35(31,32)23-13-11-21(33-3)12-14-23/h6-15,18,28H,4-5,16-17H2,1-3H3,(H,29,30). The molecule has 0 heterocycles. The van der Waals surface area contributed by atoms with Gasteiger partial charge in [-0.05, 0) is 72.5 Å². The fourth-order valence-electron chi connectivity index (χ4n) is 3.72. The van der Waals surface area contributed by atoms with Crippen LogP contribution in [0.1, 0.15) is 48.2 Å². The summed E-state index contributed by atoms with van der Waals surface area (Å²) in [6.07, 6.45) is 1.07. The van der Waals surface area contributed by atoms with Crippen molar-refractivity contribution in [1.82, 2.24) is 0 Å². The van der Waals surface area contributed by atoms with Gasteiger partial charge in [-0.3, -0.25) is 0 Å². The molecular formula is C27H30O7S. The number of aromatic carboxylic acids is 1. The van der Waals surface area contributed by atoms with Gasteiger partial charge in [0.1, 0.15) is 22.8 Å². The smallest absolute Gasteiger partial charge is 0.339 e. The maximum atomic E-state index is 12.5. The Hall–Kier alpha value is -3.52. The van der Waals surface area contributed by atoms with Crippen LogP contribution in [0.15, 0.2) is 71.6 Å². The van der Waals surface area contributed by atoms with E-state index in [1.54, 1.807) is 30.3 Å². The molecule has 3 rings (SSSR count). The fraction of sp³-hybridized carbons (Fsp3) is 0.296. The van der Waals surface area contributed by atoms with Crippen molar-refractivity contribution in [2.45, 2.75) is 37.0 Å². The first-order valence-corrected chi connectivity index (χ1v) is 12.9. The predicted octanol–water partition coefficient (Wildman–Crippen LogP) is 5.06. The molecule has 0 saturated carbocycles. The first-order chi connectivity index (χ1) is 16.5. The van der Waals surface area contributed by atoms with Crippen molar-refractivity contribution in [1.29, 1.82) is 0 Å². The molecule has 0 fully saturated rings. The average Bonchev–Trinajstić information content (AvgIpc) is 2.84. The highest BCUT2D eigenvalue weighted by Gasteiger charge is 2.25. The van der Waals surface area contributed by atoms with Crippen LogP contribution in [-0.4, -0.2) is 44.1 Å². The van der Waals surface area contributed by atoms with Crippen molar-refractivity contribution in [3.8, 4) is 17.2 Å². The second-order valence-corrected chi connectivity index (χ2v) is 10.8. The highest BCUT2D eigenvalue weighted by atomic mass is 32.2. The quantitative estimate of drug-likeness (QED) is 0.356. The van der Waals surface area contributed by atoms with Gasteiger partial charge in [0.2, 0.25) is 0 Å². The molecule has 0 atom stereocenters. The summed E-state index contributed by atoms with van der Waals surface area (Å²) in [5.41, 5.74) is 1.09. The van der Waals surface area contributed by atoms with Crippen LogP contribution in [0.4, 0.5) is 0 Å². The molecule has 8 heteroatoms. The largest absolute Gasteiger partial charge is 0.507 e. The molecule has 0 saturated heterocycles. The van der Waals surface area contributed by atoms with Crippen molar-refractivity contribution < 1.29 is 32.9 Å². The van der Waals surface area contributed by atoms with E-state index in [4.69, 9.17) is 9.47 Å². The molecule has 0 aliphatic carbocycles. The lowest BCUT2D eigenvalue weighted by Crippen LogP contribution is -2.19. The summed E-state index contributed by atoms with van der Waals surface area (Å²) in [6.45, 7) is 4.34. The summed E-state index contributed by atoms with van der Waals surface area (Å²) in [5, 5.41) is 19.1. The van der Waals surface area contributed by atoms with Crippen LogP contribution in [0.25, 0.3) is 0 Å². The van der Waals surface area contributed by atoms with Gasteiger partial charge < -0.3 is 19.7 Å². The van der Waals surface area contributed by atoms with Crippen LogP contribution in [0.2, 0.25) is 0 Å². The van der Waals surface area contributed by atoms with Crippen LogP contribution in [-0.2, 0) is 15.3 Å². The maximum absolute atomic E-state index is 12.5. The number of carbonyl (C=O) groups is 1. The number of methoxy groups -OCH3 is 1. The summed E-state index contributed by atoms with van der Waals surface area (Å²) in [7, 11) is -1.82. The minimum atomic E-state index is -3.35. The summed E-state index contributed by atoms with van der Waals surface area (Å²) in [5.74, 6) is -0.126. The molecule has 0 aromatic heterocycles. The lowest BCUT2D eigenvalue weighted by Gasteiger charge is -2.27. The lowest BCUT2D eigenvalue weighted by atomic mass is 9.77. The Balaban J connectivity index is 1.54. The molecule has 3 aromatic rings. The second-order valence-electron chi connectivity index (χ2n) is 8.74. The van der Waals surface area contributed by atoms with Gasteiger partial charge in [-0.2, -0.15) is 0 Å². The van der Waals surface area contributed by atoms with Crippen LogP contribution < -0.4 is 9.47 Å². The van der Waals surface area contributed by atoms with Crippen molar-refractivity contribution in [2.24, 2.45) is 0 Å². The van der Waals surface area contributed by atoms with E-state index in [9.17, 15) is 23.4 Å². The Kier molecular flexibility index (Phi) is 8.07. The Morgan fingerprint density at radius 1 is 0.886 bits per heavy atom. The predicted molar refractivity (Wildman–Crippen MR) is 133 cm³/mol. The molecule has 0 aliphatic heterocycles. The van der Waals surface area contributed by atoms with Crippen molar-refractivity contribution in [3.63, 3.8) is 0 Å². The molecule has 7 nitrogen and oxygen atoms in total. The van der Waals surface area contributed by atoms with E-state index in [1.165, 1.54) is 19.2 Å². The number of hydrogen-bond acceptors (Lipinski definition) is 6. The molecule has 2 N–H and O–H groups in total. The summed E-state index contributed by atoms with van der Waals surface area (Å²) in [6, 6.07) is 18.5. The number of aromatic hydroxyl groups is 1. The molecule has 0 unspecified atom stereocenters. The Morgan fingerprint density at radius 3 is 2.09 bits per heavy atom. The van der Waals surface area contributed by atoms with E-state index < -0.39 is 21.2 Å². The van der Waals surface area contributed by atoms with E-state index in [0.717, 1.165) is 11.1 Å². The van der Waals surface area contributed by atoms with Gasteiger partial charge in [-0.25, -0.2) is 13.2 Å². The molecule has 3 aromatic carbocycles. The highest BCUT2D eigenvalue weighted by Crippen LogP contribution is 2.34. The number of hydrogen-bond donors (Lipinski definition) is 2. The molecule has 35 heavy (non-hydrogen) atoms. The average molecular weight is 499 g/mol. The third kappa shape index (κ3) is 6.33. The number of benzene rings is 3. The summed E-state index contributed by atoms with van der Waals surface area (Å²) in [4.78, 5) is 11.6. The lowest BCUT2D eigenvalue weighted by molar-refractivity contribution is 0.0693. The Labute approximate surface area is 205 Å². The van der Waals surface area contributed by atoms with Crippen LogP contribution in [0, 0.1) is 0 Å². The first kappa shape index (κ1) is 26.1. The molecule has 0 amide bonds. The van der Waals surface area contributed by atoms with E-state index in [-0.39, 0.29) is 22.0 Å². The maximum Gasteiger partial charge on any atom is 0.339 e. The molecule has 0 spiro atoms.